The first-order chi connectivity index (χ1) is 7.36. The van der Waals surface area contributed by atoms with Crippen molar-refractivity contribution < 1.29 is 4.39 Å². The van der Waals surface area contributed by atoms with Crippen molar-refractivity contribution in [3.63, 3.8) is 0 Å². The van der Waals surface area contributed by atoms with Gasteiger partial charge in [-0.05, 0) is 56.3 Å². The van der Waals surface area contributed by atoms with Crippen LogP contribution >= 0.6 is 0 Å². The summed E-state index contributed by atoms with van der Waals surface area (Å²) in [5.74, 6) is 0.680. The van der Waals surface area contributed by atoms with E-state index in [0.29, 0.717) is 0 Å². The molecule has 0 amide bonds. The third-order valence-corrected chi connectivity index (χ3v) is 3.18. The summed E-state index contributed by atoms with van der Waals surface area (Å²) in [4.78, 5) is 0. The largest absolute Gasteiger partial charge is 0.316 e. The minimum Gasteiger partial charge on any atom is -0.316 e. The summed E-state index contributed by atoms with van der Waals surface area (Å²) in [6, 6.07) is 7.11. The van der Waals surface area contributed by atoms with Crippen LogP contribution < -0.4 is 5.32 Å². The molecule has 1 atom stereocenters. The lowest BCUT2D eigenvalue weighted by Crippen LogP contribution is -2.29. The lowest BCUT2D eigenvalue weighted by Gasteiger charge is -2.22. The number of aryl methyl sites for hydroxylation is 1. The molecule has 0 bridgehead atoms. The number of nitrogens with one attached hydrogen (secondary N) is 1. The fourth-order valence-corrected chi connectivity index (χ4v) is 2.23. The summed E-state index contributed by atoms with van der Waals surface area (Å²) in [6.07, 6.45) is 4.54. The van der Waals surface area contributed by atoms with E-state index in [2.05, 4.69) is 5.32 Å². The van der Waals surface area contributed by atoms with E-state index < -0.39 is 0 Å². The number of hydrogen-bond donors (Lipinski definition) is 1. The van der Waals surface area contributed by atoms with Gasteiger partial charge >= 0.3 is 0 Å². The molecule has 1 aromatic rings. The van der Waals surface area contributed by atoms with Gasteiger partial charge in [0.05, 0.1) is 0 Å². The Morgan fingerprint density at radius 2 is 2.20 bits per heavy atom. The lowest BCUT2D eigenvalue weighted by atomic mass is 9.93. The van der Waals surface area contributed by atoms with Crippen LogP contribution in [0.5, 0.6) is 0 Å². The van der Waals surface area contributed by atoms with Crippen LogP contribution in [0.3, 0.4) is 0 Å². The van der Waals surface area contributed by atoms with Crippen LogP contribution in [0.1, 0.15) is 24.8 Å². The Morgan fingerprint density at radius 1 is 1.33 bits per heavy atom. The average Bonchev–Trinajstić information content (AvgIpc) is 2.29. The summed E-state index contributed by atoms with van der Waals surface area (Å²) < 4.78 is 13.3. The molecule has 0 aliphatic carbocycles. The number of piperidine rings is 1. The van der Waals surface area contributed by atoms with E-state index in [4.69, 9.17) is 0 Å². The molecule has 1 N–H and O–H groups in total. The molecule has 1 fully saturated rings. The predicted octanol–water partition coefficient (Wildman–Crippen LogP) is 2.76. The normalized spacial score (nSPS) is 21.5. The van der Waals surface area contributed by atoms with E-state index in [1.807, 2.05) is 12.1 Å². The molecule has 2 rings (SSSR count). The summed E-state index contributed by atoms with van der Waals surface area (Å²) in [6.45, 7) is 2.25. The summed E-state index contributed by atoms with van der Waals surface area (Å²) in [5, 5.41) is 3.39. The van der Waals surface area contributed by atoms with Gasteiger partial charge in [0.2, 0.25) is 0 Å². The van der Waals surface area contributed by atoms with Gasteiger partial charge < -0.3 is 5.32 Å². The molecule has 0 aromatic heterocycles. The van der Waals surface area contributed by atoms with Gasteiger partial charge in [0.25, 0.3) is 0 Å². The van der Waals surface area contributed by atoms with Crippen molar-refractivity contribution in [2.24, 2.45) is 5.92 Å². The maximum absolute atomic E-state index is 13.3. The van der Waals surface area contributed by atoms with Gasteiger partial charge in [0, 0.05) is 0 Å². The minimum absolute atomic E-state index is 0.0544. The van der Waals surface area contributed by atoms with Gasteiger partial charge in [-0.2, -0.15) is 0 Å². The summed E-state index contributed by atoms with van der Waals surface area (Å²) in [5.41, 5.74) is 0.864. The highest BCUT2D eigenvalue weighted by atomic mass is 19.1. The second-order valence-corrected chi connectivity index (χ2v) is 4.34. The Balaban J connectivity index is 1.84. The molecule has 1 nitrogen and oxygen atoms in total. The smallest absolute Gasteiger partial charge is 0.126 e. The Kier molecular flexibility index (Phi) is 3.73. The topological polar surface area (TPSA) is 12.0 Å². The zero-order valence-electron chi connectivity index (χ0n) is 9.01. The molecular weight excluding hydrogens is 189 g/mol. The van der Waals surface area contributed by atoms with Crippen molar-refractivity contribution in [1.29, 1.82) is 0 Å². The maximum atomic E-state index is 13.3. The maximum Gasteiger partial charge on any atom is 0.126 e. The van der Waals surface area contributed by atoms with E-state index in [9.17, 15) is 4.39 Å². The Hall–Kier alpha value is -0.890. The van der Waals surface area contributed by atoms with E-state index in [-0.39, 0.29) is 5.82 Å². The van der Waals surface area contributed by atoms with E-state index in [1.54, 1.807) is 12.1 Å². The number of hydrogen-bond acceptors (Lipinski definition) is 1. The quantitative estimate of drug-likeness (QED) is 0.803. The number of benzene rings is 1. The van der Waals surface area contributed by atoms with Gasteiger partial charge in [-0.15, -0.1) is 0 Å². The van der Waals surface area contributed by atoms with Crippen molar-refractivity contribution in [2.45, 2.75) is 25.7 Å². The van der Waals surface area contributed by atoms with Crippen molar-refractivity contribution >= 4 is 0 Å². The first-order valence-corrected chi connectivity index (χ1v) is 5.80. The molecule has 15 heavy (non-hydrogen) atoms. The number of rotatable bonds is 3. The van der Waals surface area contributed by atoms with Gasteiger partial charge in [-0.1, -0.05) is 18.2 Å². The molecule has 0 radical (unpaired) electrons. The summed E-state index contributed by atoms with van der Waals surface area (Å²) >= 11 is 0. The fourth-order valence-electron chi connectivity index (χ4n) is 2.23. The lowest BCUT2D eigenvalue weighted by molar-refractivity contribution is 0.356. The van der Waals surface area contributed by atoms with E-state index in [0.717, 1.165) is 37.4 Å². The van der Waals surface area contributed by atoms with Crippen molar-refractivity contribution in [3.05, 3.63) is 35.6 Å². The third kappa shape index (κ3) is 3.03. The molecule has 1 aliphatic heterocycles. The third-order valence-electron chi connectivity index (χ3n) is 3.18. The fraction of sp³-hybridized carbons (Fsp3) is 0.538. The first-order valence-electron chi connectivity index (χ1n) is 5.80. The molecule has 0 unspecified atom stereocenters. The molecule has 1 saturated heterocycles. The second kappa shape index (κ2) is 5.26. The molecule has 0 saturated carbocycles. The van der Waals surface area contributed by atoms with Crippen molar-refractivity contribution in [3.8, 4) is 0 Å². The first kappa shape index (κ1) is 10.6. The second-order valence-electron chi connectivity index (χ2n) is 4.34. The molecule has 2 heteroatoms. The van der Waals surface area contributed by atoms with Crippen LogP contribution in [-0.2, 0) is 6.42 Å². The SMILES string of the molecule is Fc1ccccc1CC[C@H]1CCCNC1. The zero-order valence-corrected chi connectivity index (χ0v) is 9.01. The van der Waals surface area contributed by atoms with Crippen LogP contribution in [0.15, 0.2) is 24.3 Å². The minimum atomic E-state index is -0.0544. The van der Waals surface area contributed by atoms with Crippen LogP contribution in [0.4, 0.5) is 4.39 Å². The highest BCUT2D eigenvalue weighted by Gasteiger charge is 2.13. The van der Waals surface area contributed by atoms with E-state index in [1.165, 1.54) is 12.8 Å². The highest BCUT2D eigenvalue weighted by Crippen LogP contribution is 2.18. The molecule has 1 heterocycles. The van der Waals surface area contributed by atoms with Crippen molar-refractivity contribution in [1.82, 2.24) is 5.32 Å². The van der Waals surface area contributed by atoms with Crippen LogP contribution in [0, 0.1) is 11.7 Å². The van der Waals surface area contributed by atoms with Gasteiger partial charge in [-0.25, -0.2) is 4.39 Å². The van der Waals surface area contributed by atoms with Crippen molar-refractivity contribution in [2.75, 3.05) is 13.1 Å². The Bertz CT molecular complexity index is 305. The van der Waals surface area contributed by atoms with Gasteiger partial charge in [0.15, 0.2) is 0 Å². The van der Waals surface area contributed by atoms with Crippen LogP contribution in [-0.4, -0.2) is 13.1 Å². The van der Waals surface area contributed by atoms with Gasteiger partial charge in [0.1, 0.15) is 5.82 Å². The summed E-state index contributed by atoms with van der Waals surface area (Å²) in [7, 11) is 0. The van der Waals surface area contributed by atoms with E-state index >= 15 is 0 Å². The number of halogens is 1. The molecule has 82 valence electrons. The van der Waals surface area contributed by atoms with Crippen LogP contribution in [0.25, 0.3) is 0 Å². The average molecular weight is 207 g/mol. The molecule has 0 spiro atoms. The monoisotopic (exact) mass is 207 g/mol. The highest BCUT2D eigenvalue weighted by molar-refractivity contribution is 5.17. The zero-order chi connectivity index (χ0) is 10.5. The molecular formula is C13H18FN. The molecule has 1 aliphatic rings. The molecule has 1 aromatic carbocycles. The van der Waals surface area contributed by atoms with Crippen LogP contribution in [0.2, 0.25) is 0 Å². The predicted molar refractivity (Wildman–Crippen MR) is 60.3 cm³/mol. The standard InChI is InChI=1S/C13H18FN/c14-13-6-2-1-5-12(13)8-7-11-4-3-9-15-10-11/h1-2,5-6,11,15H,3-4,7-10H2/t11-/m1/s1. The Labute approximate surface area is 90.7 Å². The van der Waals surface area contributed by atoms with Gasteiger partial charge in [-0.3, -0.25) is 0 Å². The Morgan fingerprint density at radius 3 is 2.93 bits per heavy atom.